The molecule has 0 bridgehead atoms. The summed E-state index contributed by atoms with van der Waals surface area (Å²) < 4.78 is 4.94. The molecule has 1 aliphatic heterocycles. The Hall–Kier alpha value is -2.64. The zero-order chi connectivity index (χ0) is 16.2. The van der Waals surface area contributed by atoms with Gasteiger partial charge in [0, 0.05) is 31.4 Å². The Morgan fingerprint density at radius 3 is 3.09 bits per heavy atom. The first-order chi connectivity index (χ1) is 11.1. The van der Waals surface area contributed by atoms with Gasteiger partial charge in [-0.15, -0.1) is 0 Å². The third kappa shape index (κ3) is 3.58. The van der Waals surface area contributed by atoms with Crippen molar-refractivity contribution in [1.29, 1.82) is 0 Å². The van der Waals surface area contributed by atoms with Crippen molar-refractivity contribution in [2.45, 2.75) is 32.2 Å². The van der Waals surface area contributed by atoms with Gasteiger partial charge in [0.1, 0.15) is 5.76 Å². The Kier molecular flexibility index (Phi) is 4.40. The van der Waals surface area contributed by atoms with Crippen molar-refractivity contribution in [3.05, 3.63) is 35.5 Å². The Morgan fingerprint density at radius 2 is 2.39 bits per heavy atom. The number of amides is 2. The fourth-order valence-corrected chi connectivity index (χ4v) is 2.81. The number of rotatable bonds is 5. The van der Waals surface area contributed by atoms with E-state index >= 15 is 0 Å². The summed E-state index contributed by atoms with van der Waals surface area (Å²) in [6.45, 7) is 2.93. The van der Waals surface area contributed by atoms with Crippen LogP contribution in [0.15, 0.2) is 23.0 Å². The molecule has 1 saturated heterocycles. The summed E-state index contributed by atoms with van der Waals surface area (Å²) in [5.41, 5.74) is 1.15. The molecule has 0 saturated carbocycles. The lowest BCUT2D eigenvalue weighted by Crippen LogP contribution is -2.43. The van der Waals surface area contributed by atoms with E-state index in [1.54, 1.807) is 24.1 Å². The van der Waals surface area contributed by atoms with Crippen LogP contribution >= 0.6 is 0 Å². The molecule has 2 aromatic heterocycles. The minimum Gasteiger partial charge on any atom is -0.361 e. The van der Waals surface area contributed by atoms with E-state index < -0.39 is 0 Å². The van der Waals surface area contributed by atoms with E-state index in [1.807, 2.05) is 0 Å². The number of likely N-dealkylation sites (tertiary alicyclic amines) is 1. The van der Waals surface area contributed by atoms with Gasteiger partial charge in [0.25, 0.3) is 5.91 Å². The first kappa shape index (κ1) is 15.3. The lowest BCUT2D eigenvalue weighted by atomic mass is 10.2. The molecule has 3 rings (SSSR count). The number of nitrogens with one attached hydrogen (secondary N) is 2. The quantitative estimate of drug-likeness (QED) is 0.843. The molecule has 0 spiro atoms. The number of aromatic amines is 1. The van der Waals surface area contributed by atoms with Crippen molar-refractivity contribution in [3.63, 3.8) is 0 Å². The molecule has 8 nitrogen and oxygen atoms in total. The molecule has 0 radical (unpaired) electrons. The molecule has 23 heavy (non-hydrogen) atoms. The highest BCUT2D eigenvalue weighted by molar-refractivity contribution is 5.94. The van der Waals surface area contributed by atoms with Gasteiger partial charge in [0.15, 0.2) is 0 Å². The summed E-state index contributed by atoms with van der Waals surface area (Å²) in [5.74, 6) is 0.504. The van der Waals surface area contributed by atoms with Gasteiger partial charge in [0.05, 0.1) is 23.9 Å². The molecule has 122 valence electrons. The fraction of sp³-hybridized carbons (Fsp3) is 0.467. The Labute approximate surface area is 133 Å². The smallest absolute Gasteiger partial charge is 0.257 e. The summed E-state index contributed by atoms with van der Waals surface area (Å²) in [4.78, 5) is 26.2. The number of nitrogens with zero attached hydrogens (tertiary/aromatic N) is 3. The number of aryl methyl sites for hydroxylation is 1. The van der Waals surface area contributed by atoms with Crippen molar-refractivity contribution in [2.75, 3.05) is 13.1 Å². The molecule has 3 heterocycles. The summed E-state index contributed by atoms with van der Waals surface area (Å²) in [6, 6.07) is 1.75. The van der Waals surface area contributed by atoms with E-state index in [0.29, 0.717) is 30.1 Å². The third-order valence-electron chi connectivity index (χ3n) is 3.94. The van der Waals surface area contributed by atoms with Crippen LogP contribution in [0.3, 0.4) is 0 Å². The number of H-pyrrole nitrogens is 1. The van der Waals surface area contributed by atoms with Crippen LogP contribution in [0.4, 0.5) is 0 Å². The number of carbonyl (C=O) groups excluding carboxylic acids is 2. The van der Waals surface area contributed by atoms with Crippen molar-refractivity contribution in [3.8, 4) is 0 Å². The van der Waals surface area contributed by atoms with Gasteiger partial charge in [-0.25, -0.2) is 0 Å². The van der Waals surface area contributed by atoms with Gasteiger partial charge < -0.3 is 14.7 Å². The summed E-state index contributed by atoms with van der Waals surface area (Å²) in [5, 5.41) is 13.1. The molecular formula is C15H19N5O3. The van der Waals surface area contributed by atoms with Crippen molar-refractivity contribution in [2.24, 2.45) is 0 Å². The lowest BCUT2D eigenvalue weighted by Gasteiger charge is -2.24. The number of aromatic nitrogens is 3. The lowest BCUT2D eigenvalue weighted by molar-refractivity contribution is -0.120. The van der Waals surface area contributed by atoms with Crippen LogP contribution in [0.25, 0.3) is 0 Å². The predicted octanol–water partition coefficient (Wildman–Crippen LogP) is 0.670. The molecular weight excluding hydrogens is 298 g/mol. The first-order valence-corrected chi connectivity index (χ1v) is 7.62. The highest BCUT2D eigenvalue weighted by Crippen LogP contribution is 2.19. The maximum Gasteiger partial charge on any atom is 0.257 e. The van der Waals surface area contributed by atoms with Crippen LogP contribution in [-0.2, 0) is 11.2 Å². The maximum atomic E-state index is 12.4. The van der Waals surface area contributed by atoms with Crippen LogP contribution in [-0.4, -0.2) is 51.2 Å². The van der Waals surface area contributed by atoms with E-state index in [-0.39, 0.29) is 24.3 Å². The predicted molar refractivity (Wildman–Crippen MR) is 80.6 cm³/mol. The van der Waals surface area contributed by atoms with E-state index in [1.165, 1.54) is 6.20 Å². The largest absolute Gasteiger partial charge is 0.361 e. The fourth-order valence-electron chi connectivity index (χ4n) is 2.81. The van der Waals surface area contributed by atoms with Gasteiger partial charge in [-0.3, -0.25) is 14.7 Å². The number of hydrogen-bond acceptors (Lipinski definition) is 5. The van der Waals surface area contributed by atoms with E-state index in [4.69, 9.17) is 4.52 Å². The molecule has 2 N–H and O–H groups in total. The van der Waals surface area contributed by atoms with Crippen LogP contribution in [0.5, 0.6) is 0 Å². The van der Waals surface area contributed by atoms with Crippen LogP contribution in [0, 0.1) is 6.92 Å². The molecule has 1 fully saturated rings. The Morgan fingerprint density at radius 1 is 1.52 bits per heavy atom. The normalized spacial score (nSPS) is 17.4. The highest BCUT2D eigenvalue weighted by atomic mass is 16.5. The van der Waals surface area contributed by atoms with Gasteiger partial charge in [-0.1, -0.05) is 5.16 Å². The molecule has 0 aromatic carbocycles. The average Bonchev–Trinajstić information content (AvgIpc) is 3.26. The standard InChI is InChI=1S/C15H19N5O3/c1-10-5-12(19-23-10)6-14(21)16-9-13-3-2-4-20(13)15(22)11-7-17-18-8-11/h5,7-8,13H,2-4,6,9H2,1H3,(H,16,21)(H,17,18)/t13-/m1/s1. The molecule has 8 heteroatoms. The van der Waals surface area contributed by atoms with Crippen molar-refractivity contribution >= 4 is 11.8 Å². The first-order valence-electron chi connectivity index (χ1n) is 7.62. The molecule has 1 aliphatic rings. The molecule has 0 unspecified atom stereocenters. The minimum absolute atomic E-state index is 0.0143. The van der Waals surface area contributed by atoms with E-state index in [9.17, 15) is 9.59 Å². The minimum atomic E-state index is -0.124. The van der Waals surface area contributed by atoms with Crippen molar-refractivity contribution < 1.29 is 14.1 Å². The third-order valence-corrected chi connectivity index (χ3v) is 3.94. The second-order valence-electron chi connectivity index (χ2n) is 5.69. The number of carbonyl (C=O) groups is 2. The Balaban J connectivity index is 1.52. The summed E-state index contributed by atoms with van der Waals surface area (Å²) in [7, 11) is 0. The van der Waals surface area contributed by atoms with E-state index in [2.05, 4.69) is 20.7 Å². The number of hydrogen-bond donors (Lipinski definition) is 2. The molecule has 2 aromatic rings. The van der Waals surface area contributed by atoms with Crippen LogP contribution in [0.2, 0.25) is 0 Å². The van der Waals surface area contributed by atoms with Crippen molar-refractivity contribution in [1.82, 2.24) is 25.6 Å². The molecule has 0 aliphatic carbocycles. The zero-order valence-corrected chi connectivity index (χ0v) is 12.9. The topological polar surface area (TPSA) is 104 Å². The monoisotopic (exact) mass is 317 g/mol. The zero-order valence-electron chi connectivity index (χ0n) is 12.9. The van der Waals surface area contributed by atoms with Gasteiger partial charge >= 0.3 is 0 Å². The average molecular weight is 317 g/mol. The summed E-state index contributed by atoms with van der Waals surface area (Å²) >= 11 is 0. The Bertz CT molecular complexity index is 679. The SMILES string of the molecule is Cc1cc(CC(=O)NC[C@H]2CCCN2C(=O)c2cn[nH]c2)no1. The van der Waals surface area contributed by atoms with Crippen LogP contribution in [0.1, 0.15) is 34.7 Å². The maximum absolute atomic E-state index is 12.4. The van der Waals surface area contributed by atoms with Gasteiger partial charge in [-0.2, -0.15) is 5.10 Å². The molecule has 2 amide bonds. The van der Waals surface area contributed by atoms with Gasteiger partial charge in [-0.05, 0) is 19.8 Å². The second kappa shape index (κ2) is 6.64. The van der Waals surface area contributed by atoms with Gasteiger partial charge in [0.2, 0.25) is 5.91 Å². The van der Waals surface area contributed by atoms with Crippen LogP contribution < -0.4 is 5.32 Å². The second-order valence-corrected chi connectivity index (χ2v) is 5.69. The molecule has 1 atom stereocenters. The highest BCUT2D eigenvalue weighted by Gasteiger charge is 2.30. The summed E-state index contributed by atoms with van der Waals surface area (Å²) in [6.07, 6.45) is 5.10. The van der Waals surface area contributed by atoms with E-state index in [0.717, 1.165) is 12.8 Å².